The van der Waals surface area contributed by atoms with Gasteiger partial charge in [0.05, 0.1) is 0 Å². The van der Waals surface area contributed by atoms with Crippen LogP contribution in [0.4, 0.5) is 0 Å². The third kappa shape index (κ3) is 13.8. The molecule has 0 saturated heterocycles. The average molecular weight is 1530 g/mol. The van der Waals surface area contributed by atoms with E-state index in [4.69, 9.17) is 28.6 Å². The molecule has 22 rings (SSSR count). The molecule has 0 amide bonds. The molecule has 2 aliphatic carbocycles. The van der Waals surface area contributed by atoms with E-state index in [0.717, 1.165) is 206 Å². The van der Waals surface area contributed by atoms with E-state index in [1.165, 1.54) is 67.9 Å². The standard InChI is InChI=1S/C29H28NO.C28H26NO.C26H24NO.C25H22NO/c1-19-14-28-26(25-15-21-10-6-7-11-22(21)17-29(25)31-28)18-24(19)27-16-23(12-13-30(27)2)20-8-4-3-5-9-20;1-18-13-27-25(24-14-20-9-5-6-10-21(20)16-28(24)30-27)17-23(18)26-15-22(11-12-29(26)2)19-7-3-4-8-19;1-16(2)18-9-10-27(4)24(13-18)21-15-23-22-12-19-7-5-6-8-20(19)14-26(22)28-25(23)11-17(21)3;1-4-17-9-10-26(3)23(12-17)20-15-22-21-13-18-7-5-6-8-19(18)14-25(21)27-24(22)11-16(20)2/h6-7,10-18,20H,3-5,8-9H2,1-2H3;5-6,9-17,19H,3-4,7-8H2,1-2H3;5-16H,1-4H3;5-15H,4H2,1-3H3/q4*+1/i20D;19D;1D3,16D;4D2. The molecule has 1 unspecified atom stereocenters. The lowest BCUT2D eigenvalue weighted by Crippen LogP contribution is -2.31. The molecule has 2 saturated carbocycles. The Hall–Kier alpha value is -12.5. The van der Waals surface area contributed by atoms with E-state index >= 15 is 0 Å². The van der Waals surface area contributed by atoms with Crippen molar-refractivity contribution in [3.63, 3.8) is 0 Å². The molecule has 20 aromatic rings. The molecule has 0 N–H and O–H groups in total. The summed E-state index contributed by atoms with van der Waals surface area (Å²) in [6, 6.07) is 84.1. The summed E-state index contributed by atoms with van der Waals surface area (Å²) in [6.07, 6.45) is 16.3. The van der Waals surface area contributed by atoms with E-state index in [1.807, 2.05) is 85.0 Å². The van der Waals surface area contributed by atoms with Gasteiger partial charge in [-0.2, -0.15) is 0 Å². The van der Waals surface area contributed by atoms with Crippen LogP contribution in [0.2, 0.25) is 0 Å². The maximum atomic E-state index is 9.11. The van der Waals surface area contributed by atoms with Gasteiger partial charge in [-0.3, -0.25) is 0 Å². The summed E-state index contributed by atoms with van der Waals surface area (Å²) in [5.74, 6) is -2.60. The number of fused-ring (bicyclic) bond motifs is 16. The summed E-state index contributed by atoms with van der Waals surface area (Å²) in [5, 5.41) is 18.3. The molecular weight excluding hydrogens is 1420 g/mol. The van der Waals surface area contributed by atoms with Crippen LogP contribution < -0.4 is 18.3 Å². The third-order valence-corrected chi connectivity index (χ3v) is 24.6. The predicted octanol–water partition coefficient (Wildman–Crippen LogP) is 27.5. The Morgan fingerprint density at radius 1 is 0.336 bits per heavy atom. The highest BCUT2D eigenvalue weighted by molar-refractivity contribution is 6.15. The summed E-state index contributed by atoms with van der Waals surface area (Å²) in [7, 11) is 8.12. The minimum atomic E-state index is -2.43. The van der Waals surface area contributed by atoms with E-state index in [9.17, 15) is 0 Å². The van der Waals surface area contributed by atoms with Crippen molar-refractivity contribution < 1.29 is 46.9 Å². The molecule has 1 atom stereocenters. The van der Waals surface area contributed by atoms with Crippen molar-refractivity contribution in [1.29, 1.82) is 0 Å². The topological polar surface area (TPSA) is 68.1 Å². The fourth-order valence-corrected chi connectivity index (χ4v) is 18.1. The monoisotopic (exact) mass is 1520 g/mol. The van der Waals surface area contributed by atoms with Crippen molar-refractivity contribution in [3.05, 3.63) is 312 Å². The van der Waals surface area contributed by atoms with Crippen LogP contribution in [-0.2, 0) is 34.6 Å². The second-order valence-corrected chi connectivity index (χ2v) is 32.3. The van der Waals surface area contributed by atoms with Crippen molar-refractivity contribution in [2.75, 3.05) is 0 Å². The largest absolute Gasteiger partial charge is 0.456 e. The van der Waals surface area contributed by atoms with Gasteiger partial charge in [0.1, 0.15) is 72.9 Å². The summed E-state index contributed by atoms with van der Waals surface area (Å²) in [6.45, 7) is 9.02. The number of aromatic nitrogens is 4. The quantitative estimate of drug-likeness (QED) is 0.142. The van der Waals surface area contributed by atoms with E-state index in [2.05, 4.69) is 251 Å². The molecule has 8 heteroatoms. The Kier molecular flexibility index (Phi) is 17.0. The lowest BCUT2D eigenvalue weighted by Gasteiger charge is -2.21. The van der Waals surface area contributed by atoms with Gasteiger partial charge in [-0.1, -0.05) is 150 Å². The SMILES string of the molecule is [2H]C([2H])(C)c1cc[n+](C)c(-c2cc3c(cc2C)oc2cc4ccccc4cc23)c1.[2H]C([2H])([2H])C([2H])(C)c1cc[n+](C)c(-c2cc3c(cc2C)oc2cc4ccccc4cc23)c1.[2H]C1(c2cc[n+](C)c(-c3cc4c(cc3C)oc3cc5ccccc5cc34)c2)CCCC1.[2H]C1(c2cc[n+](C)c(-c3cc4c(cc3C)oc3cc5ccccc5cc34)c2)CCCCC1. The molecule has 0 radical (unpaired) electrons. The second-order valence-electron chi connectivity index (χ2n) is 32.3. The molecule has 572 valence electrons. The minimum Gasteiger partial charge on any atom is -0.456 e. The van der Waals surface area contributed by atoms with Crippen molar-refractivity contribution in [1.82, 2.24) is 0 Å². The van der Waals surface area contributed by atoms with Crippen LogP contribution >= 0.6 is 0 Å². The van der Waals surface area contributed by atoms with Crippen LogP contribution in [0.1, 0.15) is 152 Å². The van der Waals surface area contributed by atoms with E-state index in [1.54, 1.807) is 13.0 Å². The normalized spacial score (nSPS) is 15.8. The summed E-state index contributed by atoms with van der Waals surface area (Å²) in [5.41, 5.74) is 23.7. The smallest absolute Gasteiger partial charge is 0.212 e. The maximum Gasteiger partial charge on any atom is 0.212 e. The Morgan fingerprint density at radius 2 is 0.603 bits per heavy atom. The van der Waals surface area contributed by atoms with Gasteiger partial charge >= 0.3 is 0 Å². The molecule has 8 heterocycles. The minimum absolute atomic E-state index is 0.442. The van der Waals surface area contributed by atoms with Gasteiger partial charge in [-0.05, 0) is 262 Å². The molecule has 8 aromatic heterocycles. The third-order valence-electron chi connectivity index (χ3n) is 24.6. The molecule has 116 heavy (non-hydrogen) atoms. The van der Waals surface area contributed by atoms with Crippen molar-refractivity contribution in [3.8, 4) is 45.0 Å². The number of furan rings is 4. The zero-order valence-electron chi connectivity index (χ0n) is 75.7. The fraction of sp³-hybridized carbons (Fsp3) is 0.222. The number of nitrogens with zero attached hydrogens (tertiary/aromatic N) is 4. The fourth-order valence-electron chi connectivity index (χ4n) is 18.1. The molecule has 8 nitrogen and oxygen atoms in total. The van der Waals surface area contributed by atoms with Crippen LogP contribution in [0.15, 0.2) is 285 Å². The Balaban J connectivity index is 0.000000108. The molecule has 12 aromatic carbocycles. The first kappa shape index (κ1) is 64.8. The summed E-state index contributed by atoms with van der Waals surface area (Å²) >= 11 is 0. The lowest BCUT2D eigenvalue weighted by atomic mass is 9.84. The van der Waals surface area contributed by atoms with Gasteiger partial charge in [-0.25, -0.2) is 18.3 Å². The zero-order valence-corrected chi connectivity index (χ0v) is 67.7. The number of benzene rings is 12. The van der Waals surface area contributed by atoms with Gasteiger partial charge < -0.3 is 17.7 Å². The van der Waals surface area contributed by atoms with Gasteiger partial charge in [0.15, 0.2) is 24.8 Å². The number of aryl methyl sites for hydroxylation is 9. The summed E-state index contributed by atoms with van der Waals surface area (Å²) < 4.78 is 99.4. The molecule has 2 aliphatic rings. The number of hydrogen-bond donors (Lipinski definition) is 0. The zero-order chi connectivity index (χ0) is 86.2. The van der Waals surface area contributed by atoms with E-state index in [-0.39, 0.29) is 0 Å². The van der Waals surface area contributed by atoms with Crippen molar-refractivity contribution in [2.24, 2.45) is 28.2 Å². The first-order valence-electron chi connectivity index (χ1n) is 44.9. The molecule has 0 spiro atoms. The van der Waals surface area contributed by atoms with Crippen LogP contribution in [0.5, 0.6) is 0 Å². The highest BCUT2D eigenvalue weighted by Crippen LogP contribution is 2.44. The summed E-state index contributed by atoms with van der Waals surface area (Å²) in [4.78, 5) is 0. The van der Waals surface area contributed by atoms with Crippen LogP contribution in [0, 0.1) is 27.7 Å². The lowest BCUT2D eigenvalue weighted by molar-refractivity contribution is -0.660. The van der Waals surface area contributed by atoms with E-state index < -0.39 is 30.9 Å². The number of hydrogen-bond acceptors (Lipinski definition) is 4. The van der Waals surface area contributed by atoms with Gasteiger partial charge in [0.25, 0.3) is 0 Å². The highest BCUT2D eigenvalue weighted by atomic mass is 16.3. The maximum absolute atomic E-state index is 9.11. The molecule has 2 fully saturated rings. The van der Waals surface area contributed by atoms with Crippen LogP contribution in [-0.4, -0.2) is 0 Å². The Labute approximate surface area is 689 Å². The predicted molar refractivity (Wildman–Crippen MR) is 481 cm³/mol. The van der Waals surface area contributed by atoms with Gasteiger partial charge in [-0.15, -0.1) is 0 Å². The van der Waals surface area contributed by atoms with Gasteiger partial charge in [0, 0.05) is 125 Å². The van der Waals surface area contributed by atoms with E-state index in [0.29, 0.717) is 11.1 Å². The Morgan fingerprint density at radius 3 is 0.922 bits per heavy atom. The molecule has 0 bridgehead atoms. The first-order valence-corrected chi connectivity index (χ1v) is 40.9. The average Bonchev–Trinajstić information content (AvgIpc) is 1.54. The van der Waals surface area contributed by atoms with Gasteiger partial charge in [0.2, 0.25) is 22.8 Å². The second kappa shape index (κ2) is 30.3. The number of pyridine rings is 4. The number of rotatable bonds is 8. The highest BCUT2D eigenvalue weighted by Gasteiger charge is 2.27. The molecular formula is C108H100N4O4+4. The first-order chi connectivity index (χ1) is 59.4. The van der Waals surface area contributed by atoms with Crippen LogP contribution in [0.25, 0.3) is 176 Å². The van der Waals surface area contributed by atoms with Crippen LogP contribution in [0.3, 0.4) is 0 Å². The molecule has 0 aliphatic heterocycles. The Bertz CT molecular complexity index is 7700. The van der Waals surface area contributed by atoms with Crippen molar-refractivity contribution >= 4 is 131 Å². The van der Waals surface area contributed by atoms with Crippen molar-refractivity contribution in [2.45, 2.75) is 130 Å².